The number of hydrogen-bond acceptors (Lipinski definition) is 3. The normalized spacial score (nSPS) is 27.7. The van der Waals surface area contributed by atoms with Gasteiger partial charge in [0.05, 0.1) is 6.54 Å². The lowest BCUT2D eigenvalue weighted by molar-refractivity contribution is -0.123. The second-order valence-corrected chi connectivity index (χ2v) is 4.41. The Morgan fingerprint density at radius 1 is 1.53 bits per heavy atom. The second-order valence-electron chi connectivity index (χ2n) is 4.41. The zero-order chi connectivity index (χ0) is 11.3. The highest BCUT2D eigenvalue weighted by Crippen LogP contribution is 2.20. The topological polar surface area (TPSA) is 58.4 Å². The molecule has 1 heterocycles. The van der Waals surface area contributed by atoms with Crippen LogP contribution in [-0.4, -0.2) is 43.0 Å². The Kier molecular flexibility index (Phi) is 5.05. The van der Waals surface area contributed by atoms with Gasteiger partial charge >= 0.3 is 0 Å². The van der Waals surface area contributed by atoms with Crippen molar-refractivity contribution in [1.29, 1.82) is 0 Å². The molecule has 1 rings (SSSR count). The summed E-state index contributed by atoms with van der Waals surface area (Å²) in [6.07, 6.45) is 2.35. The summed E-state index contributed by atoms with van der Waals surface area (Å²) in [6, 6.07) is 0.510. The highest BCUT2D eigenvalue weighted by atomic mass is 16.2. The quantitative estimate of drug-likeness (QED) is 0.700. The zero-order valence-electron chi connectivity index (χ0n) is 9.83. The van der Waals surface area contributed by atoms with Gasteiger partial charge in [0.15, 0.2) is 0 Å². The maximum Gasteiger partial charge on any atom is 0.234 e. The number of carbonyl (C=O) groups is 1. The number of carbonyl (C=O) groups excluding carboxylic acids is 1. The maximum atomic E-state index is 11.5. The molecule has 1 aliphatic heterocycles. The Hall–Kier alpha value is -0.610. The molecule has 15 heavy (non-hydrogen) atoms. The van der Waals surface area contributed by atoms with Crippen LogP contribution < -0.4 is 11.1 Å². The lowest BCUT2D eigenvalue weighted by atomic mass is 9.93. The zero-order valence-corrected chi connectivity index (χ0v) is 9.83. The first-order valence-electron chi connectivity index (χ1n) is 5.88. The lowest BCUT2D eigenvalue weighted by Gasteiger charge is -2.37. The van der Waals surface area contributed by atoms with Crippen LogP contribution in [0.25, 0.3) is 0 Å². The molecular formula is C11H23N3O. The summed E-state index contributed by atoms with van der Waals surface area (Å²) in [6.45, 7) is 7.06. The van der Waals surface area contributed by atoms with Crippen molar-refractivity contribution in [3.05, 3.63) is 0 Å². The summed E-state index contributed by atoms with van der Waals surface area (Å²) < 4.78 is 0. The Bertz CT molecular complexity index is 208. The molecule has 0 radical (unpaired) electrons. The fourth-order valence-corrected chi connectivity index (χ4v) is 2.11. The number of piperidine rings is 1. The molecule has 0 spiro atoms. The largest absolute Gasteiger partial charge is 0.355 e. The molecule has 0 aliphatic carbocycles. The van der Waals surface area contributed by atoms with Gasteiger partial charge in [0.2, 0.25) is 5.91 Å². The molecule has 88 valence electrons. The molecule has 1 fully saturated rings. The number of nitrogens with two attached hydrogens (primary N) is 1. The van der Waals surface area contributed by atoms with E-state index >= 15 is 0 Å². The Balaban J connectivity index is 2.40. The molecule has 4 nitrogen and oxygen atoms in total. The van der Waals surface area contributed by atoms with Gasteiger partial charge in [0.1, 0.15) is 0 Å². The number of nitrogens with zero attached hydrogens (tertiary/aromatic N) is 1. The SMILES string of the molecule is CCNC(=O)CN1CC(CN)CCC1C. The van der Waals surface area contributed by atoms with Crippen molar-refractivity contribution in [3.63, 3.8) is 0 Å². The average Bonchev–Trinajstić information content (AvgIpc) is 2.21. The summed E-state index contributed by atoms with van der Waals surface area (Å²) in [5.41, 5.74) is 5.67. The highest BCUT2D eigenvalue weighted by molar-refractivity contribution is 5.77. The van der Waals surface area contributed by atoms with Crippen LogP contribution in [0, 0.1) is 5.92 Å². The fourth-order valence-electron chi connectivity index (χ4n) is 2.11. The second kappa shape index (κ2) is 6.08. The third-order valence-electron chi connectivity index (χ3n) is 3.16. The smallest absolute Gasteiger partial charge is 0.234 e. The van der Waals surface area contributed by atoms with Crippen molar-refractivity contribution in [2.24, 2.45) is 11.7 Å². The summed E-state index contributed by atoms with van der Waals surface area (Å²) in [4.78, 5) is 13.7. The van der Waals surface area contributed by atoms with E-state index in [2.05, 4.69) is 17.1 Å². The Morgan fingerprint density at radius 3 is 2.87 bits per heavy atom. The van der Waals surface area contributed by atoms with E-state index in [1.165, 1.54) is 6.42 Å². The molecule has 0 aromatic rings. The number of likely N-dealkylation sites (tertiary alicyclic amines) is 1. The van der Waals surface area contributed by atoms with E-state index in [9.17, 15) is 4.79 Å². The standard InChI is InChI=1S/C11H23N3O/c1-3-13-11(15)8-14-7-10(6-12)5-4-9(14)2/h9-10H,3-8,12H2,1-2H3,(H,13,15). The predicted octanol–water partition coefficient (Wildman–Crippen LogP) is 0.182. The molecule has 0 saturated carbocycles. The van der Waals surface area contributed by atoms with Crippen LogP contribution >= 0.6 is 0 Å². The van der Waals surface area contributed by atoms with Gasteiger partial charge < -0.3 is 11.1 Å². The first-order chi connectivity index (χ1) is 7.17. The fraction of sp³-hybridized carbons (Fsp3) is 0.909. The molecule has 0 bridgehead atoms. The molecule has 0 aromatic carbocycles. The van der Waals surface area contributed by atoms with Gasteiger partial charge in [-0.25, -0.2) is 0 Å². The van der Waals surface area contributed by atoms with E-state index in [4.69, 9.17) is 5.73 Å². The number of likely N-dealkylation sites (N-methyl/N-ethyl adjacent to an activating group) is 1. The van der Waals surface area contributed by atoms with Crippen molar-refractivity contribution < 1.29 is 4.79 Å². The van der Waals surface area contributed by atoms with Crippen LogP contribution in [0.4, 0.5) is 0 Å². The van der Waals surface area contributed by atoms with Gasteiger partial charge in [0, 0.05) is 19.1 Å². The van der Waals surface area contributed by atoms with Crippen LogP contribution in [0.1, 0.15) is 26.7 Å². The predicted molar refractivity (Wildman–Crippen MR) is 61.5 cm³/mol. The average molecular weight is 213 g/mol. The summed E-state index contributed by atoms with van der Waals surface area (Å²) in [7, 11) is 0. The molecule has 2 atom stereocenters. The van der Waals surface area contributed by atoms with Gasteiger partial charge in [0.25, 0.3) is 0 Å². The van der Waals surface area contributed by atoms with E-state index in [1.54, 1.807) is 0 Å². The van der Waals surface area contributed by atoms with E-state index in [-0.39, 0.29) is 5.91 Å². The molecule has 1 aliphatic rings. The highest BCUT2D eigenvalue weighted by Gasteiger charge is 2.25. The molecule has 3 N–H and O–H groups in total. The van der Waals surface area contributed by atoms with Gasteiger partial charge in [-0.2, -0.15) is 0 Å². The minimum Gasteiger partial charge on any atom is -0.355 e. The number of hydrogen-bond donors (Lipinski definition) is 2. The van der Waals surface area contributed by atoms with Crippen LogP contribution in [0.2, 0.25) is 0 Å². The number of rotatable bonds is 4. The van der Waals surface area contributed by atoms with Gasteiger partial charge in [-0.05, 0) is 39.2 Å². The first kappa shape index (κ1) is 12.5. The summed E-state index contributed by atoms with van der Waals surface area (Å²) in [5, 5.41) is 2.83. The third kappa shape index (κ3) is 3.80. The molecule has 2 unspecified atom stereocenters. The molecule has 0 aromatic heterocycles. The van der Waals surface area contributed by atoms with E-state index in [0.29, 0.717) is 25.0 Å². The Labute approximate surface area is 92.2 Å². The maximum absolute atomic E-state index is 11.5. The number of nitrogens with one attached hydrogen (secondary N) is 1. The monoisotopic (exact) mass is 213 g/mol. The van der Waals surface area contributed by atoms with Crippen molar-refractivity contribution in [1.82, 2.24) is 10.2 Å². The van der Waals surface area contributed by atoms with Crippen LogP contribution in [-0.2, 0) is 4.79 Å². The van der Waals surface area contributed by atoms with Gasteiger partial charge in [-0.15, -0.1) is 0 Å². The van der Waals surface area contributed by atoms with Crippen molar-refractivity contribution in [2.75, 3.05) is 26.2 Å². The summed E-state index contributed by atoms with van der Waals surface area (Å²) in [5.74, 6) is 0.692. The molecular weight excluding hydrogens is 190 g/mol. The molecule has 1 saturated heterocycles. The van der Waals surface area contributed by atoms with E-state index in [1.807, 2.05) is 6.92 Å². The lowest BCUT2D eigenvalue weighted by Crippen LogP contribution is -2.48. The van der Waals surface area contributed by atoms with Crippen LogP contribution in [0.15, 0.2) is 0 Å². The minimum atomic E-state index is 0.127. The van der Waals surface area contributed by atoms with Crippen molar-refractivity contribution >= 4 is 5.91 Å². The van der Waals surface area contributed by atoms with E-state index in [0.717, 1.165) is 19.5 Å². The molecule has 1 amide bonds. The van der Waals surface area contributed by atoms with E-state index < -0.39 is 0 Å². The third-order valence-corrected chi connectivity index (χ3v) is 3.16. The minimum absolute atomic E-state index is 0.127. The van der Waals surface area contributed by atoms with Gasteiger partial charge in [-0.1, -0.05) is 0 Å². The van der Waals surface area contributed by atoms with Crippen molar-refractivity contribution in [2.45, 2.75) is 32.7 Å². The summed E-state index contributed by atoms with van der Waals surface area (Å²) >= 11 is 0. The number of amides is 1. The molecule has 4 heteroatoms. The van der Waals surface area contributed by atoms with Gasteiger partial charge in [-0.3, -0.25) is 9.69 Å². The van der Waals surface area contributed by atoms with Crippen LogP contribution in [0.5, 0.6) is 0 Å². The Morgan fingerprint density at radius 2 is 2.27 bits per heavy atom. The first-order valence-corrected chi connectivity index (χ1v) is 5.88. The van der Waals surface area contributed by atoms with Crippen LogP contribution in [0.3, 0.4) is 0 Å². The van der Waals surface area contributed by atoms with Crippen molar-refractivity contribution in [3.8, 4) is 0 Å².